The number of imidazole rings is 1. The fourth-order valence-corrected chi connectivity index (χ4v) is 3.55. The van der Waals surface area contributed by atoms with Gasteiger partial charge in [-0.05, 0) is 24.3 Å². The SMILES string of the molecule is Cn1c(CCO)nc2c1c(=O)n(Cc1cc3cc(Cl)ccc3[nH]1)c(=O)n2C. The van der Waals surface area contributed by atoms with E-state index in [2.05, 4.69) is 9.97 Å². The monoisotopic (exact) mass is 387 g/mol. The van der Waals surface area contributed by atoms with E-state index >= 15 is 0 Å². The Labute approximate surface area is 158 Å². The van der Waals surface area contributed by atoms with Gasteiger partial charge in [0.05, 0.1) is 13.2 Å². The first kappa shape index (κ1) is 17.6. The van der Waals surface area contributed by atoms with Crippen molar-refractivity contribution in [2.45, 2.75) is 13.0 Å². The molecule has 0 saturated heterocycles. The summed E-state index contributed by atoms with van der Waals surface area (Å²) in [5.41, 5.74) is 1.40. The first-order valence-electron chi connectivity index (χ1n) is 8.44. The van der Waals surface area contributed by atoms with Crippen LogP contribution in [0.1, 0.15) is 11.5 Å². The van der Waals surface area contributed by atoms with Gasteiger partial charge in [0.15, 0.2) is 11.2 Å². The second kappa shape index (κ2) is 6.40. The van der Waals surface area contributed by atoms with Gasteiger partial charge in [-0.15, -0.1) is 0 Å². The molecule has 0 amide bonds. The summed E-state index contributed by atoms with van der Waals surface area (Å²) in [5, 5.41) is 10.7. The highest BCUT2D eigenvalue weighted by Gasteiger charge is 2.18. The number of H-pyrrole nitrogens is 1. The van der Waals surface area contributed by atoms with E-state index in [0.717, 1.165) is 16.6 Å². The normalized spacial score (nSPS) is 11.7. The largest absolute Gasteiger partial charge is 0.396 e. The summed E-state index contributed by atoms with van der Waals surface area (Å²) < 4.78 is 4.17. The van der Waals surface area contributed by atoms with Crippen LogP contribution in [0.25, 0.3) is 22.1 Å². The van der Waals surface area contributed by atoms with E-state index in [1.807, 2.05) is 18.2 Å². The summed E-state index contributed by atoms with van der Waals surface area (Å²) in [6.07, 6.45) is 0.307. The Hall–Kier alpha value is -2.84. The molecule has 0 bridgehead atoms. The molecule has 3 aromatic heterocycles. The van der Waals surface area contributed by atoms with Crippen LogP contribution < -0.4 is 11.2 Å². The van der Waals surface area contributed by atoms with Crippen molar-refractivity contribution < 1.29 is 5.11 Å². The number of aliphatic hydroxyl groups excluding tert-OH is 1. The molecule has 0 unspecified atom stereocenters. The summed E-state index contributed by atoms with van der Waals surface area (Å²) in [5.74, 6) is 0.553. The summed E-state index contributed by atoms with van der Waals surface area (Å²) in [7, 11) is 3.29. The molecule has 0 aliphatic carbocycles. The van der Waals surface area contributed by atoms with Gasteiger partial charge in [0.25, 0.3) is 5.56 Å². The van der Waals surface area contributed by atoms with Gasteiger partial charge in [-0.25, -0.2) is 9.78 Å². The molecule has 4 rings (SSSR count). The second-order valence-electron chi connectivity index (χ2n) is 6.49. The standard InChI is InChI=1S/C18H18ClN5O3/c1-22-14(5-6-25)21-16-15(22)17(26)24(18(27)23(16)2)9-12-8-10-7-11(19)3-4-13(10)20-12/h3-4,7-8,20,25H,5-6,9H2,1-2H3. The molecule has 0 saturated carbocycles. The molecule has 27 heavy (non-hydrogen) atoms. The topological polar surface area (TPSA) is 97.8 Å². The summed E-state index contributed by atoms with van der Waals surface area (Å²) in [4.78, 5) is 33.3. The molecule has 0 aliphatic heterocycles. The van der Waals surface area contributed by atoms with Crippen LogP contribution in [-0.4, -0.2) is 35.4 Å². The van der Waals surface area contributed by atoms with Crippen molar-refractivity contribution >= 4 is 33.7 Å². The number of hydrogen-bond acceptors (Lipinski definition) is 4. The Kier molecular flexibility index (Phi) is 4.16. The van der Waals surface area contributed by atoms with Crippen LogP contribution >= 0.6 is 11.6 Å². The highest BCUT2D eigenvalue weighted by Crippen LogP contribution is 2.20. The van der Waals surface area contributed by atoms with Crippen LogP contribution in [0.3, 0.4) is 0 Å². The minimum Gasteiger partial charge on any atom is -0.396 e. The molecule has 4 aromatic rings. The number of halogens is 1. The lowest BCUT2D eigenvalue weighted by Gasteiger charge is -2.07. The number of nitrogens with zero attached hydrogens (tertiary/aromatic N) is 4. The molecule has 0 spiro atoms. The zero-order valence-electron chi connectivity index (χ0n) is 14.9. The molecule has 140 valence electrons. The smallest absolute Gasteiger partial charge is 0.332 e. The van der Waals surface area contributed by atoms with Gasteiger partial charge in [0.2, 0.25) is 0 Å². The molecule has 0 aliphatic rings. The first-order valence-corrected chi connectivity index (χ1v) is 8.81. The lowest BCUT2D eigenvalue weighted by molar-refractivity contribution is 0.295. The van der Waals surface area contributed by atoms with Gasteiger partial charge < -0.3 is 14.7 Å². The Morgan fingerprint density at radius 1 is 1.19 bits per heavy atom. The Morgan fingerprint density at radius 2 is 1.96 bits per heavy atom. The van der Waals surface area contributed by atoms with Gasteiger partial charge in [-0.1, -0.05) is 11.6 Å². The van der Waals surface area contributed by atoms with Gasteiger partial charge in [0.1, 0.15) is 5.82 Å². The molecule has 8 nitrogen and oxygen atoms in total. The van der Waals surface area contributed by atoms with Crippen LogP contribution in [-0.2, 0) is 27.1 Å². The van der Waals surface area contributed by atoms with E-state index in [9.17, 15) is 14.7 Å². The van der Waals surface area contributed by atoms with Crippen molar-refractivity contribution in [1.29, 1.82) is 0 Å². The Bertz CT molecular complexity index is 1290. The van der Waals surface area contributed by atoms with Gasteiger partial charge in [-0.3, -0.25) is 13.9 Å². The van der Waals surface area contributed by atoms with Crippen molar-refractivity contribution in [1.82, 2.24) is 23.7 Å². The van der Waals surface area contributed by atoms with Crippen LogP contribution in [0.2, 0.25) is 5.02 Å². The maximum atomic E-state index is 13.0. The first-order chi connectivity index (χ1) is 12.9. The zero-order chi connectivity index (χ0) is 19.3. The minimum atomic E-state index is -0.446. The zero-order valence-corrected chi connectivity index (χ0v) is 15.6. The number of aliphatic hydroxyl groups is 1. The summed E-state index contributed by atoms with van der Waals surface area (Å²) in [6, 6.07) is 7.33. The van der Waals surface area contributed by atoms with E-state index in [-0.39, 0.29) is 13.2 Å². The maximum absolute atomic E-state index is 13.0. The fraction of sp³-hybridized carbons (Fsp3) is 0.278. The molecule has 0 fully saturated rings. The van der Waals surface area contributed by atoms with E-state index in [1.54, 1.807) is 24.7 Å². The molecular formula is C18H18ClN5O3. The predicted octanol–water partition coefficient (Wildman–Crippen LogP) is 1.15. The Balaban J connectivity index is 1.89. The number of hydrogen-bond donors (Lipinski definition) is 2. The third kappa shape index (κ3) is 2.77. The van der Waals surface area contributed by atoms with Crippen LogP contribution in [0.4, 0.5) is 0 Å². The Morgan fingerprint density at radius 3 is 2.70 bits per heavy atom. The predicted molar refractivity (Wildman–Crippen MR) is 103 cm³/mol. The van der Waals surface area contributed by atoms with E-state index in [1.165, 1.54) is 9.13 Å². The number of benzene rings is 1. The minimum absolute atomic E-state index is 0.0864. The number of rotatable bonds is 4. The summed E-state index contributed by atoms with van der Waals surface area (Å²) >= 11 is 6.02. The molecular weight excluding hydrogens is 370 g/mol. The molecule has 9 heteroatoms. The van der Waals surface area contributed by atoms with E-state index < -0.39 is 11.2 Å². The number of aromatic nitrogens is 5. The fourth-order valence-electron chi connectivity index (χ4n) is 3.37. The van der Waals surface area contributed by atoms with Crippen molar-refractivity contribution in [3.05, 3.63) is 61.6 Å². The van der Waals surface area contributed by atoms with Gasteiger partial charge in [-0.2, -0.15) is 0 Å². The molecule has 1 aromatic carbocycles. The highest BCUT2D eigenvalue weighted by molar-refractivity contribution is 6.31. The third-order valence-corrected chi connectivity index (χ3v) is 4.99. The lowest BCUT2D eigenvalue weighted by atomic mass is 10.2. The number of fused-ring (bicyclic) bond motifs is 2. The van der Waals surface area contributed by atoms with Crippen LogP contribution in [0.15, 0.2) is 33.9 Å². The highest BCUT2D eigenvalue weighted by atomic mass is 35.5. The lowest BCUT2D eigenvalue weighted by Crippen LogP contribution is -2.39. The van der Waals surface area contributed by atoms with E-state index in [0.29, 0.717) is 28.4 Å². The quantitative estimate of drug-likeness (QED) is 0.549. The van der Waals surface area contributed by atoms with Crippen molar-refractivity contribution in [2.24, 2.45) is 14.1 Å². The van der Waals surface area contributed by atoms with Crippen molar-refractivity contribution in [3.63, 3.8) is 0 Å². The van der Waals surface area contributed by atoms with Gasteiger partial charge in [0, 0.05) is 42.1 Å². The molecule has 0 atom stereocenters. The molecule has 0 radical (unpaired) electrons. The van der Waals surface area contributed by atoms with Gasteiger partial charge >= 0.3 is 5.69 Å². The average Bonchev–Trinajstić information content (AvgIpc) is 3.18. The summed E-state index contributed by atoms with van der Waals surface area (Å²) in [6.45, 7) is 0.0190. The third-order valence-electron chi connectivity index (χ3n) is 4.76. The van der Waals surface area contributed by atoms with Crippen molar-refractivity contribution in [2.75, 3.05) is 6.61 Å². The second-order valence-corrected chi connectivity index (χ2v) is 6.93. The average molecular weight is 388 g/mol. The van der Waals surface area contributed by atoms with Crippen LogP contribution in [0, 0.1) is 0 Å². The molecule has 2 N–H and O–H groups in total. The number of nitrogens with one attached hydrogen (secondary N) is 1. The van der Waals surface area contributed by atoms with E-state index in [4.69, 9.17) is 11.6 Å². The van der Waals surface area contributed by atoms with Crippen LogP contribution in [0.5, 0.6) is 0 Å². The number of aryl methyl sites for hydroxylation is 2. The maximum Gasteiger partial charge on any atom is 0.332 e. The van der Waals surface area contributed by atoms with Crippen molar-refractivity contribution in [3.8, 4) is 0 Å². The molecule has 3 heterocycles. The number of aromatic amines is 1.